The number of aromatic nitrogens is 4. The summed E-state index contributed by atoms with van der Waals surface area (Å²) in [4.78, 5) is 10.4. The second-order valence-corrected chi connectivity index (χ2v) is 9.87. The maximum absolute atomic E-state index is 15.5. The van der Waals surface area contributed by atoms with Crippen LogP contribution in [0.2, 0.25) is 0 Å². The van der Waals surface area contributed by atoms with Crippen LogP contribution in [0.4, 0.5) is 14.6 Å². The summed E-state index contributed by atoms with van der Waals surface area (Å²) in [5.41, 5.74) is 1.09. The van der Waals surface area contributed by atoms with Gasteiger partial charge in [0.1, 0.15) is 17.7 Å². The molecule has 4 atom stereocenters. The van der Waals surface area contributed by atoms with E-state index >= 15 is 4.39 Å². The summed E-state index contributed by atoms with van der Waals surface area (Å²) in [5.74, 6) is 0.442. The molecule has 2 N–H and O–H groups in total. The molecular formula is C26H28F2N6O2. The number of nitrogens with one attached hydrogen (secondary N) is 1. The fourth-order valence-electron chi connectivity index (χ4n) is 5.58. The van der Waals surface area contributed by atoms with Gasteiger partial charge in [0.15, 0.2) is 11.6 Å². The minimum Gasteiger partial charge on any atom is -0.507 e. The van der Waals surface area contributed by atoms with E-state index in [1.165, 1.54) is 19.2 Å². The molecule has 3 aromatic rings. The smallest absolute Gasteiger partial charge is 0.213 e. The van der Waals surface area contributed by atoms with Crippen LogP contribution in [-0.2, 0) is 0 Å². The molecule has 4 heterocycles. The predicted molar refractivity (Wildman–Crippen MR) is 130 cm³/mol. The molecule has 36 heavy (non-hydrogen) atoms. The molecular weight excluding hydrogens is 466 g/mol. The number of alkyl halides is 1. The molecule has 8 nitrogen and oxygen atoms in total. The third-order valence-corrected chi connectivity index (χ3v) is 7.50. The van der Waals surface area contributed by atoms with Crippen LogP contribution in [0.3, 0.4) is 0 Å². The summed E-state index contributed by atoms with van der Waals surface area (Å²) in [5, 5.41) is 22.8. The van der Waals surface area contributed by atoms with Gasteiger partial charge >= 0.3 is 0 Å². The molecule has 3 fully saturated rings. The summed E-state index contributed by atoms with van der Waals surface area (Å²) in [6.07, 6.45) is 7.50. The molecule has 0 radical (unpaired) electrons. The number of rotatable bonds is 6. The lowest BCUT2D eigenvalue weighted by molar-refractivity contribution is 0.104. The van der Waals surface area contributed by atoms with Gasteiger partial charge in [0.05, 0.1) is 31.1 Å². The number of fused-ring (bicyclic) bond motifs is 2. The van der Waals surface area contributed by atoms with Crippen LogP contribution in [0, 0.1) is 5.82 Å². The lowest BCUT2D eigenvalue weighted by Gasteiger charge is -2.47. The number of phenols is 1. The number of hydrogen-bond donors (Lipinski definition) is 2. The topological polar surface area (TPSA) is 96.3 Å². The standard InChI is InChI=1S/C26H28F2N6O2/c1-36-24-11-18(19(27)12-29-24)14-5-8-17(22(35)9-14)26-30-13-23(32-33-26)34(16-6-7-16)21-10-15-3-2-4-20(31-15)25(21)28/h5,8-9,11-13,15-16,20-21,25,31,35H,2-4,6-7,10H2,1H3/t15-,20+,21+,25-/m0/s1. The molecule has 3 aliphatic rings. The number of methoxy groups -OCH3 is 1. The minimum absolute atomic E-state index is 0.105. The Balaban J connectivity index is 1.26. The number of nitrogens with zero attached hydrogens (tertiary/aromatic N) is 5. The van der Waals surface area contributed by atoms with Crippen molar-refractivity contribution in [2.75, 3.05) is 12.0 Å². The highest BCUT2D eigenvalue weighted by atomic mass is 19.1. The summed E-state index contributed by atoms with van der Waals surface area (Å²) in [6.45, 7) is 0. The zero-order valence-corrected chi connectivity index (χ0v) is 19.9. The van der Waals surface area contributed by atoms with Gasteiger partial charge in [-0.1, -0.05) is 12.5 Å². The average molecular weight is 495 g/mol. The van der Waals surface area contributed by atoms with Crippen molar-refractivity contribution in [2.45, 2.75) is 68.9 Å². The van der Waals surface area contributed by atoms with Crippen LogP contribution in [-0.4, -0.2) is 62.7 Å². The zero-order chi connectivity index (χ0) is 24.8. The summed E-state index contributed by atoms with van der Waals surface area (Å²) in [6, 6.07) is 6.45. The largest absolute Gasteiger partial charge is 0.507 e. The second kappa shape index (κ2) is 9.24. The number of ether oxygens (including phenoxy) is 1. The van der Waals surface area contributed by atoms with Crippen molar-refractivity contribution < 1.29 is 18.6 Å². The van der Waals surface area contributed by atoms with Crippen LogP contribution in [0.1, 0.15) is 38.5 Å². The highest BCUT2D eigenvalue weighted by molar-refractivity contribution is 5.73. The molecule has 2 saturated heterocycles. The molecule has 1 aromatic carbocycles. The van der Waals surface area contributed by atoms with Gasteiger partial charge in [0, 0.05) is 29.8 Å². The van der Waals surface area contributed by atoms with Crippen LogP contribution < -0.4 is 15.0 Å². The lowest BCUT2D eigenvalue weighted by Crippen LogP contribution is -2.62. The Hall–Kier alpha value is -3.40. The van der Waals surface area contributed by atoms with Crippen molar-refractivity contribution in [3.8, 4) is 34.1 Å². The van der Waals surface area contributed by atoms with Crippen molar-refractivity contribution >= 4 is 5.82 Å². The number of phenolic OH excluding ortho intramolecular Hbond substituents is 1. The van der Waals surface area contributed by atoms with Crippen molar-refractivity contribution in [1.29, 1.82) is 0 Å². The molecule has 0 unspecified atom stereocenters. The van der Waals surface area contributed by atoms with Gasteiger partial charge in [-0.2, -0.15) is 0 Å². The van der Waals surface area contributed by atoms with Crippen LogP contribution in [0.15, 0.2) is 36.7 Å². The molecule has 2 bridgehead atoms. The number of halogens is 2. The van der Waals surface area contributed by atoms with Crippen molar-refractivity contribution in [1.82, 2.24) is 25.5 Å². The number of hydrogen-bond acceptors (Lipinski definition) is 8. The third kappa shape index (κ3) is 4.23. The Bertz CT molecular complexity index is 1260. The number of piperidine rings is 2. The molecule has 0 amide bonds. The quantitative estimate of drug-likeness (QED) is 0.530. The summed E-state index contributed by atoms with van der Waals surface area (Å²) in [7, 11) is 1.45. The number of benzene rings is 1. The Labute approximate surface area is 207 Å². The normalized spacial score (nSPS) is 25.4. The van der Waals surface area contributed by atoms with Crippen molar-refractivity contribution in [2.24, 2.45) is 0 Å². The van der Waals surface area contributed by atoms with E-state index in [2.05, 4.69) is 30.4 Å². The molecule has 0 spiro atoms. The highest BCUT2D eigenvalue weighted by Crippen LogP contribution is 2.39. The maximum atomic E-state index is 15.5. The first-order valence-corrected chi connectivity index (χ1v) is 12.4. The predicted octanol–water partition coefficient (Wildman–Crippen LogP) is 4.04. The lowest BCUT2D eigenvalue weighted by atomic mass is 9.82. The van der Waals surface area contributed by atoms with E-state index in [0.717, 1.165) is 44.7 Å². The third-order valence-electron chi connectivity index (χ3n) is 7.50. The Kier molecular flexibility index (Phi) is 5.91. The average Bonchev–Trinajstić information content (AvgIpc) is 3.73. The maximum Gasteiger partial charge on any atom is 0.213 e. The number of pyridine rings is 1. The molecule has 2 aliphatic heterocycles. The first kappa shape index (κ1) is 23.0. The fourth-order valence-corrected chi connectivity index (χ4v) is 5.58. The summed E-state index contributed by atoms with van der Waals surface area (Å²) < 4.78 is 34.9. The first-order chi connectivity index (χ1) is 17.5. The van der Waals surface area contributed by atoms with E-state index in [1.807, 2.05) is 0 Å². The SMILES string of the molecule is COc1cc(-c2ccc(-c3ncc(N(C4CC4)[C@@H]4C[C@@H]5CCC[C@@H](N5)[C@@H]4F)nn3)c(O)c2)c(F)cn1. The Morgan fingerprint density at radius 1 is 1.06 bits per heavy atom. The van der Waals surface area contributed by atoms with E-state index in [4.69, 9.17) is 4.74 Å². The molecule has 6 rings (SSSR count). The van der Waals surface area contributed by atoms with Gasteiger partial charge in [0.2, 0.25) is 5.88 Å². The van der Waals surface area contributed by atoms with Gasteiger partial charge in [-0.15, -0.1) is 10.2 Å². The van der Waals surface area contributed by atoms with Gasteiger partial charge in [-0.3, -0.25) is 0 Å². The van der Waals surface area contributed by atoms with Crippen LogP contribution in [0.5, 0.6) is 11.6 Å². The fraction of sp³-hybridized carbons (Fsp3) is 0.462. The number of anilines is 1. The molecule has 2 aromatic heterocycles. The Morgan fingerprint density at radius 3 is 2.64 bits per heavy atom. The first-order valence-electron chi connectivity index (χ1n) is 12.4. The van der Waals surface area contributed by atoms with Crippen molar-refractivity contribution in [3.63, 3.8) is 0 Å². The minimum atomic E-state index is -0.965. The van der Waals surface area contributed by atoms with Crippen LogP contribution in [0.25, 0.3) is 22.5 Å². The number of aromatic hydroxyl groups is 1. The molecule has 10 heteroatoms. The Morgan fingerprint density at radius 2 is 1.92 bits per heavy atom. The van der Waals surface area contributed by atoms with E-state index in [-0.39, 0.29) is 41.1 Å². The van der Waals surface area contributed by atoms with Gasteiger partial charge < -0.3 is 20.1 Å². The zero-order valence-electron chi connectivity index (χ0n) is 19.9. The van der Waals surface area contributed by atoms with Crippen molar-refractivity contribution in [3.05, 3.63) is 42.5 Å². The van der Waals surface area contributed by atoms with E-state index in [1.54, 1.807) is 18.3 Å². The highest BCUT2D eigenvalue weighted by Gasteiger charge is 2.46. The van der Waals surface area contributed by atoms with E-state index in [0.29, 0.717) is 23.0 Å². The van der Waals surface area contributed by atoms with Gasteiger partial charge in [-0.05, 0) is 49.8 Å². The molecule has 1 saturated carbocycles. The summed E-state index contributed by atoms with van der Waals surface area (Å²) >= 11 is 0. The second-order valence-electron chi connectivity index (χ2n) is 9.87. The molecule has 1 aliphatic carbocycles. The monoisotopic (exact) mass is 494 g/mol. The van der Waals surface area contributed by atoms with Gasteiger partial charge in [-0.25, -0.2) is 18.7 Å². The van der Waals surface area contributed by atoms with Gasteiger partial charge in [0.25, 0.3) is 0 Å². The van der Waals surface area contributed by atoms with Crippen LogP contribution >= 0.6 is 0 Å². The van der Waals surface area contributed by atoms with E-state index < -0.39 is 12.0 Å². The molecule has 188 valence electrons. The van der Waals surface area contributed by atoms with E-state index in [9.17, 15) is 9.50 Å².